The van der Waals surface area contributed by atoms with E-state index in [0.29, 0.717) is 59.7 Å². The number of fused-ring (bicyclic) bond motifs is 1. The number of benzene rings is 1. The van der Waals surface area contributed by atoms with Crippen molar-refractivity contribution in [3.05, 3.63) is 52.7 Å². The van der Waals surface area contributed by atoms with Crippen LogP contribution in [0, 0.1) is 30.0 Å². The minimum Gasteiger partial charge on any atom is -0.361 e. The van der Waals surface area contributed by atoms with Gasteiger partial charge in [-0.25, -0.2) is 9.07 Å². The van der Waals surface area contributed by atoms with E-state index in [-0.39, 0.29) is 0 Å². The van der Waals surface area contributed by atoms with Gasteiger partial charge in [-0.2, -0.15) is 22.5 Å². The highest BCUT2D eigenvalue weighted by Gasteiger charge is 2.76. The molecular formula is C24H24F4N6S. The maximum Gasteiger partial charge on any atom is 0.416 e. The van der Waals surface area contributed by atoms with Crippen LogP contribution in [-0.2, 0) is 12.7 Å². The van der Waals surface area contributed by atoms with E-state index in [4.69, 9.17) is 4.98 Å². The molecule has 2 saturated carbocycles. The molecule has 2 aliphatic carbocycles. The highest BCUT2D eigenvalue weighted by Crippen LogP contribution is 2.74. The summed E-state index contributed by atoms with van der Waals surface area (Å²) in [6.45, 7) is 4.72. The summed E-state index contributed by atoms with van der Waals surface area (Å²) in [7, 11) is 0. The zero-order valence-electron chi connectivity index (χ0n) is 19.0. The fourth-order valence-corrected chi connectivity index (χ4v) is 7.52. The lowest BCUT2D eigenvalue weighted by molar-refractivity contribution is -0.137. The zero-order valence-corrected chi connectivity index (χ0v) is 19.8. The summed E-state index contributed by atoms with van der Waals surface area (Å²) in [6, 6.07) is 5.22. The van der Waals surface area contributed by atoms with Crippen LogP contribution in [0.5, 0.6) is 0 Å². The lowest BCUT2D eigenvalue weighted by Crippen LogP contribution is -2.47. The molecule has 0 radical (unpaired) electrons. The summed E-state index contributed by atoms with van der Waals surface area (Å²) >= 11 is 1.55. The first-order chi connectivity index (χ1) is 16.7. The lowest BCUT2D eigenvalue weighted by atomic mass is 9.71. The third-order valence-corrected chi connectivity index (χ3v) is 9.38. The number of halogens is 4. The predicted octanol–water partition coefficient (Wildman–Crippen LogP) is 5.06. The summed E-state index contributed by atoms with van der Waals surface area (Å²) in [4.78, 5) is 7.16. The fourth-order valence-electron chi connectivity index (χ4n) is 6.75. The van der Waals surface area contributed by atoms with Crippen molar-refractivity contribution in [2.75, 3.05) is 23.3 Å². The van der Waals surface area contributed by atoms with E-state index < -0.39 is 23.5 Å². The Hall–Kier alpha value is -2.69. The second-order valence-electron chi connectivity index (χ2n) is 10.5. The Morgan fingerprint density at radius 2 is 2.03 bits per heavy atom. The largest absolute Gasteiger partial charge is 0.416 e. The van der Waals surface area contributed by atoms with Gasteiger partial charge in [0.2, 0.25) is 5.95 Å². The smallest absolute Gasteiger partial charge is 0.361 e. The van der Waals surface area contributed by atoms with Gasteiger partial charge in [-0.3, -0.25) is 0 Å². The first-order valence-electron chi connectivity index (χ1n) is 12.0. The van der Waals surface area contributed by atoms with Gasteiger partial charge in [-0.05, 0) is 78.9 Å². The third kappa shape index (κ3) is 3.30. The summed E-state index contributed by atoms with van der Waals surface area (Å²) in [5.41, 5.74) is 0.761. The molecule has 184 valence electrons. The van der Waals surface area contributed by atoms with Gasteiger partial charge in [-0.15, -0.1) is 5.10 Å². The molecule has 1 N–H and O–H groups in total. The monoisotopic (exact) mass is 504 g/mol. The Bertz CT molecular complexity index is 1320. The van der Waals surface area contributed by atoms with Gasteiger partial charge in [0.05, 0.1) is 11.3 Å². The molecule has 6 nitrogen and oxygen atoms in total. The molecule has 35 heavy (non-hydrogen) atoms. The highest BCUT2D eigenvalue weighted by atomic mass is 32.1. The number of alkyl halides is 3. The minimum atomic E-state index is -4.60. The van der Waals surface area contributed by atoms with Gasteiger partial charge in [0.1, 0.15) is 16.6 Å². The van der Waals surface area contributed by atoms with Crippen molar-refractivity contribution in [2.45, 2.75) is 50.9 Å². The lowest BCUT2D eigenvalue weighted by Gasteiger charge is -2.38. The number of anilines is 2. The molecule has 11 heteroatoms. The Kier molecular flexibility index (Phi) is 4.43. The Balaban J connectivity index is 1.12. The molecule has 1 saturated heterocycles. The number of nitrogens with one attached hydrogen (secondary N) is 1. The summed E-state index contributed by atoms with van der Waals surface area (Å²) in [5.74, 6) is 0.945. The third-order valence-electron chi connectivity index (χ3n) is 8.43. The van der Waals surface area contributed by atoms with E-state index in [0.717, 1.165) is 31.3 Å². The van der Waals surface area contributed by atoms with Crippen LogP contribution in [0.1, 0.15) is 47.8 Å². The number of rotatable bonds is 4. The SMILES string of the molecule is Cc1cc(N2C[C@H]3[C@H](Nc4nc5n(n4)CCCC5c4cc(F)cc(C(F)(F)F)c4)C4CC43C2)sn1. The predicted molar refractivity (Wildman–Crippen MR) is 123 cm³/mol. The molecule has 0 amide bonds. The summed E-state index contributed by atoms with van der Waals surface area (Å²) in [5, 5.41) is 9.42. The number of aromatic nitrogens is 4. The highest BCUT2D eigenvalue weighted by molar-refractivity contribution is 7.10. The van der Waals surface area contributed by atoms with Crippen molar-refractivity contribution in [1.82, 2.24) is 19.1 Å². The second kappa shape index (κ2) is 7.18. The molecule has 2 aliphatic heterocycles. The molecule has 4 heterocycles. The van der Waals surface area contributed by atoms with Gasteiger partial charge in [0.25, 0.3) is 0 Å². The van der Waals surface area contributed by atoms with E-state index >= 15 is 0 Å². The van der Waals surface area contributed by atoms with E-state index in [1.165, 1.54) is 17.5 Å². The molecule has 0 bridgehead atoms. The molecule has 4 aliphatic rings. The molecule has 3 unspecified atom stereocenters. The quantitative estimate of drug-likeness (QED) is 0.503. The van der Waals surface area contributed by atoms with Crippen LogP contribution in [0.25, 0.3) is 0 Å². The number of hydrogen-bond donors (Lipinski definition) is 1. The fraction of sp³-hybridized carbons (Fsp3) is 0.542. The van der Waals surface area contributed by atoms with E-state index in [1.807, 2.05) is 6.92 Å². The molecule has 5 atom stereocenters. The van der Waals surface area contributed by atoms with Crippen molar-refractivity contribution in [3.63, 3.8) is 0 Å². The topological polar surface area (TPSA) is 58.9 Å². The summed E-state index contributed by atoms with van der Waals surface area (Å²) in [6.07, 6.45) is -2.04. The molecule has 2 aromatic heterocycles. The molecule has 3 fully saturated rings. The van der Waals surface area contributed by atoms with Crippen molar-refractivity contribution in [3.8, 4) is 0 Å². The van der Waals surface area contributed by atoms with Crippen LogP contribution < -0.4 is 10.2 Å². The first-order valence-corrected chi connectivity index (χ1v) is 12.8. The van der Waals surface area contributed by atoms with Crippen LogP contribution in [0.2, 0.25) is 0 Å². The van der Waals surface area contributed by atoms with Gasteiger partial charge < -0.3 is 10.2 Å². The maximum absolute atomic E-state index is 14.1. The first kappa shape index (κ1) is 21.6. The standard InChI is InChI=1S/C24H24F4N6S/c1-12-5-19(35-32-12)33-10-18-20(17-9-23(17,18)11-33)29-22-30-21-16(3-2-4-34(21)31-22)13-6-14(24(26,27)28)8-15(25)7-13/h5-8,16-18,20H,2-4,9-11H2,1H3,(H,29,31)/t16?,17?,18-,20+,23?/m0/s1. The average molecular weight is 505 g/mol. The van der Waals surface area contributed by atoms with Crippen molar-refractivity contribution >= 4 is 22.5 Å². The Morgan fingerprint density at radius 1 is 1.17 bits per heavy atom. The van der Waals surface area contributed by atoms with Gasteiger partial charge in [0, 0.05) is 37.5 Å². The van der Waals surface area contributed by atoms with Crippen molar-refractivity contribution in [2.24, 2.45) is 17.3 Å². The normalized spacial score (nSPS) is 30.9. The van der Waals surface area contributed by atoms with Gasteiger partial charge in [0.15, 0.2) is 0 Å². The molecule has 1 aromatic carbocycles. The van der Waals surface area contributed by atoms with Gasteiger partial charge in [-0.1, -0.05) is 0 Å². The Morgan fingerprint density at radius 3 is 2.80 bits per heavy atom. The second-order valence-corrected chi connectivity index (χ2v) is 11.3. The number of aryl methyl sites for hydroxylation is 2. The molecule has 3 aromatic rings. The summed E-state index contributed by atoms with van der Waals surface area (Å²) < 4.78 is 60.1. The molecule has 7 rings (SSSR count). The van der Waals surface area contributed by atoms with Crippen LogP contribution in [0.4, 0.5) is 28.5 Å². The zero-order chi connectivity index (χ0) is 24.1. The average Bonchev–Trinajstić information content (AvgIpc) is 3.14. The molecule has 1 spiro atoms. The van der Waals surface area contributed by atoms with E-state index in [1.54, 1.807) is 16.2 Å². The van der Waals surface area contributed by atoms with Gasteiger partial charge >= 0.3 is 6.18 Å². The Labute approximate surface area is 203 Å². The number of nitrogens with zero attached hydrogens (tertiary/aromatic N) is 5. The molecular weight excluding hydrogens is 480 g/mol. The van der Waals surface area contributed by atoms with Crippen LogP contribution in [-0.4, -0.2) is 38.3 Å². The minimum absolute atomic E-state index is 0.294. The van der Waals surface area contributed by atoms with E-state index in [9.17, 15) is 17.6 Å². The number of hydrogen-bond acceptors (Lipinski definition) is 6. The van der Waals surface area contributed by atoms with Crippen LogP contribution in [0.3, 0.4) is 0 Å². The van der Waals surface area contributed by atoms with Crippen LogP contribution in [0.15, 0.2) is 24.3 Å². The van der Waals surface area contributed by atoms with Crippen LogP contribution >= 0.6 is 11.5 Å². The maximum atomic E-state index is 14.1. The van der Waals surface area contributed by atoms with Crippen molar-refractivity contribution < 1.29 is 17.6 Å². The van der Waals surface area contributed by atoms with E-state index in [2.05, 4.69) is 25.8 Å². The van der Waals surface area contributed by atoms with Crippen molar-refractivity contribution in [1.29, 1.82) is 0 Å².